The lowest BCUT2D eigenvalue weighted by atomic mass is 9.77. The highest BCUT2D eigenvalue weighted by Crippen LogP contribution is 2.43. The first-order valence-electron chi connectivity index (χ1n) is 10.7. The molecule has 0 atom stereocenters. The Kier molecular flexibility index (Phi) is 4.03. The second-order valence-electron chi connectivity index (χ2n) is 8.54. The molecule has 0 bridgehead atoms. The second kappa shape index (κ2) is 6.92. The van der Waals surface area contributed by atoms with E-state index in [2.05, 4.69) is 66.7 Å². The SMILES string of the molecule is O=[N+]([O-])c1ccc2c(c1-c1cccc3c1Cc1ccccc1C3)Cc1ccccc1C2. The highest BCUT2D eigenvalue weighted by Gasteiger charge is 2.28. The molecule has 0 unspecified atom stereocenters. The van der Waals surface area contributed by atoms with E-state index in [4.69, 9.17) is 0 Å². The molecule has 0 saturated carbocycles. The minimum Gasteiger partial charge on any atom is -0.258 e. The van der Waals surface area contributed by atoms with Crippen molar-refractivity contribution in [1.29, 1.82) is 0 Å². The zero-order valence-electron chi connectivity index (χ0n) is 17.1. The van der Waals surface area contributed by atoms with Gasteiger partial charge in [0, 0.05) is 6.07 Å². The number of nitro groups is 1. The van der Waals surface area contributed by atoms with Crippen LogP contribution in [0.4, 0.5) is 5.69 Å². The van der Waals surface area contributed by atoms with Gasteiger partial charge in [-0.05, 0) is 75.8 Å². The summed E-state index contributed by atoms with van der Waals surface area (Å²) in [5, 5.41) is 12.1. The Morgan fingerprint density at radius 1 is 0.548 bits per heavy atom. The molecule has 6 rings (SSSR count). The predicted molar refractivity (Wildman–Crippen MR) is 123 cm³/mol. The Bertz CT molecular complexity index is 1370. The molecular formula is C28H21NO2. The third-order valence-corrected chi connectivity index (χ3v) is 6.86. The molecule has 0 spiro atoms. The highest BCUT2D eigenvalue weighted by molar-refractivity contribution is 5.83. The molecule has 0 aromatic heterocycles. The molecule has 0 aliphatic heterocycles. The first-order chi connectivity index (χ1) is 15.2. The van der Waals surface area contributed by atoms with Crippen molar-refractivity contribution in [2.24, 2.45) is 0 Å². The number of benzene rings is 4. The van der Waals surface area contributed by atoms with Crippen molar-refractivity contribution in [2.75, 3.05) is 0 Å². The number of hydrogen-bond acceptors (Lipinski definition) is 2. The first-order valence-corrected chi connectivity index (χ1v) is 10.7. The maximum atomic E-state index is 12.1. The van der Waals surface area contributed by atoms with E-state index < -0.39 is 0 Å². The van der Waals surface area contributed by atoms with Crippen LogP contribution in [-0.4, -0.2) is 4.92 Å². The molecule has 4 aromatic rings. The molecule has 4 aromatic carbocycles. The van der Waals surface area contributed by atoms with Crippen molar-refractivity contribution in [3.63, 3.8) is 0 Å². The molecule has 2 aliphatic carbocycles. The van der Waals surface area contributed by atoms with Gasteiger partial charge in [-0.1, -0.05) is 72.8 Å². The summed E-state index contributed by atoms with van der Waals surface area (Å²) in [6, 6.07) is 27.0. The molecule has 0 N–H and O–H groups in total. The predicted octanol–water partition coefficient (Wildman–Crippen LogP) is 6.25. The highest BCUT2D eigenvalue weighted by atomic mass is 16.6. The quantitative estimate of drug-likeness (QED) is 0.253. The van der Waals surface area contributed by atoms with E-state index in [-0.39, 0.29) is 10.6 Å². The van der Waals surface area contributed by atoms with Crippen LogP contribution in [0.25, 0.3) is 11.1 Å². The zero-order chi connectivity index (χ0) is 20.9. The maximum absolute atomic E-state index is 12.1. The molecular weight excluding hydrogens is 382 g/mol. The lowest BCUT2D eigenvalue weighted by molar-refractivity contribution is -0.384. The van der Waals surface area contributed by atoms with Crippen LogP contribution in [0.15, 0.2) is 78.9 Å². The number of rotatable bonds is 2. The first kappa shape index (κ1) is 18.1. The van der Waals surface area contributed by atoms with Crippen LogP contribution in [0.2, 0.25) is 0 Å². The second-order valence-corrected chi connectivity index (χ2v) is 8.54. The summed E-state index contributed by atoms with van der Waals surface area (Å²) in [4.78, 5) is 11.9. The smallest absolute Gasteiger partial charge is 0.258 e. The molecule has 3 nitrogen and oxygen atoms in total. The number of nitro benzene ring substituents is 1. The van der Waals surface area contributed by atoms with Crippen LogP contribution >= 0.6 is 0 Å². The van der Waals surface area contributed by atoms with E-state index in [1.807, 2.05) is 6.07 Å². The van der Waals surface area contributed by atoms with Gasteiger partial charge >= 0.3 is 0 Å². The van der Waals surface area contributed by atoms with E-state index in [1.165, 1.54) is 38.9 Å². The van der Waals surface area contributed by atoms with Gasteiger partial charge in [-0.25, -0.2) is 0 Å². The largest absolute Gasteiger partial charge is 0.277 e. The van der Waals surface area contributed by atoms with Crippen molar-refractivity contribution in [2.45, 2.75) is 25.7 Å². The number of fused-ring (bicyclic) bond motifs is 4. The van der Waals surface area contributed by atoms with E-state index >= 15 is 0 Å². The molecule has 2 aliphatic rings. The Balaban J connectivity index is 1.58. The van der Waals surface area contributed by atoms with E-state index in [1.54, 1.807) is 6.07 Å². The Morgan fingerprint density at radius 2 is 1.06 bits per heavy atom. The summed E-state index contributed by atoms with van der Waals surface area (Å²) < 4.78 is 0. The van der Waals surface area contributed by atoms with Crippen molar-refractivity contribution in [3.05, 3.63) is 133 Å². The molecule has 31 heavy (non-hydrogen) atoms. The maximum Gasteiger partial charge on any atom is 0.277 e. The van der Waals surface area contributed by atoms with Gasteiger partial charge in [-0.15, -0.1) is 0 Å². The molecule has 0 amide bonds. The summed E-state index contributed by atoms with van der Waals surface area (Å²) in [6.07, 6.45) is 3.27. The van der Waals surface area contributed by atoms with Crippen molar-refractivity contribution >= 4 is 5.69 Å². The van der Waals surface area contributed by atoms with Crippen LogP contribution in [0.5, 0.6) is 0 Å². The van der Waals surface area contributed by atoms with Crippen molar-refractivity contribution in [1.82, 2.24) is 0 Å². The molecule has 0 radical (unpaired) electrons. The molecule has 150 valence electrons. The van der Waals surface area contributed by atoms with Gasteiger partial charge in [0.25, 0.3) is 5.69 Å². The van der Waals surface area contributed by atoms with Gasteiger partial charge in [0.15, 0.2) is 0 Å². The van der Waals surface area contributed by atoms with Crippen LogP contribution in [-0.2, 0) is 25.7 Å². The summed E-state index contributed by atoms with van der Waals surface area (Å²) in [6.45, 7) is 0. The van der Waals surface area contributed by atoms with E-state index in [0.29, 0.717) is 0 Å². The van der Waals surface area contributed by atoms with E-state index in [9.17, 15) is 10.1 Å². The van der Waals surface area contributed by atoms with Gasteiger partial charge in [0.2, 0.25) is 0 Å². The van der Waals surface area contributed by atoms with Gasteiger partial charge in [0.05, 0.1) is 10.5 Å². The van der Waals surface area contributed by atoms with E-state index in [0.717, 1.165) is 42.4 Å². The fourth-order valence-corrected chi connectivity index (χ4v) is 5.34. The Labute approximate surface area is 181 Å². The average Bonchev–Trinajstić information content (AvgIpc) is 2.80. The monoisotopic (exact) mass is 403 g/mol. The lowest BCUT2D eigenvalue weighted by Crippen LogP contribution is -2.13. The zero-order valence-corrected chi connectivity index (χ0v) is 17.1. The Morgan fingerprint density at radius 3 is 1.68 bits per heavy atom. The van der Waals surface area contributed by atoms with Crippen LogP contribution in [0.1, 0.15) is 44.5 Å². The van der Waals surface area contributed by atoms with Crippen molar-refractivity contribution in [3.8, 4) is 11.1 Å². The fraction of sp³-hybridized carbons (Fsp3) is 0.143. The Hall–Kier alpha value is -3.72. The van der Waals surface area contributed by atoms with Gasteiger partial charge in [-0.3, -0.25) is 10.1 Å². The number of hydrogen-bond donors (Lipinski definition) is 0. The number of nitrogens with zero attached hydrogens (tertiary/aromatic N) is 1. The lowest BCUT2D eigenvalue weighted by Gasteiger charge is -2.26. The summed E-state index contributed by atoms with van der Waals surface area (Å²) in [5.74, 6) is 0. The molecule has 3 heteroatoms. The molecule has 0 fully saturated rings. The van der Waals surface area contributed by atoms with Crippen LogP contribution < -0.4 is 0 Å². The summed E-state index contributed by atoms with van der Waals surface area (Å²) in [7, 11) is 0. The van der Waals surface area contributed by atoms with Crippen LogP contribution in [0, 0.1) is 10.1 Å². The minimum atomic E-state index is -0.216. The van der Waals surface area contributed by atoms with Gasteiger partial charge in [0.1, 0.15) is 0 Å². The third-order valence-electron chi connectivity index (χ3n) is 6.86. The summed E-state index contributed by atoms with van der Waals surface area (Å²) in [5.41, 5.74) is 12.1. The third kappa shape index (κ3) is 2.89. The van der Waals surface area contributed by atoms with Gasteiger partial charge in [-0.2, -0.15) is 0 Å². The fourth-order valence-electron chi connectivity index (χ4n) is 5.34. The molecule has 0 saturated heterocycles. The van der Waals surface area contributed by atoms with Gasteiger partial charge < -0.3 is 0 Å². The standard InChI is InChI=1S/C28H21NO2/c30-29(31)27-13-12-23-15-19-7-2-4-9-21(19)17-26(23)28(27)24-11-5-10-22-14-18-6-1-3-8-20(18)16-25(22)24/h1-13H,14-17H2. The summed E-state index contributed by atoms with van der Waals surface area (Å²) >= 11 is 0. The normalized spacial score (nSPS) is 13.5. The minimum absolute atomic E-state index is 0.213. The molecule has 0 heterocycles. The van der Waals surface area contributed by atoms with Crippen molar-refractivity contribution < 1.29 is 4.92 Å². The average molecular weight is 403 g/mol. The van der Waals surface area contributed by atoms with Crippen LogP contribution in [0.3, 0.4) is 0 Å². The topological polar surface area (TPSA) is 43.1 Å².